The van der Waals surface area contributed by atoms with Gasteiger partial charge >= 0.3 is 37.5 Å². The maximum atomic E-state index is 15.9. The maximum Gasteiger partial charge on any atom is 0.407 e. The number of carbonyl (C=O) groups excluding carboxylic acids is 4. The molecule has 69 heavy (non-hydrogen) atoms. The molecule has 0 radical (unpaired) electrons. The molecule has 0 aliphatic carbocycles. The summed E-state index contributed by atoms with van der Waals surface area (Å²) in [5, 5.41) is 14.3. The number of nitrogens with one attached hydrogen (secondary N) is 2. The molecular weight excluding hydrogens is 954 g/mol. The Morgan fingerprint density at radius 2 is 1.26 bits per heavy atom. The highest BCUT2D eigenvalue weighted by Crippen LogP contribution is 2.45. The van der Waals surface area contributed by atoms with Gasteiger partial charge in [-0.15, -0.1) is 0 Å². The molecule has 0 aromatic heterocycles. The molecule has 2 aromatic carbocycles. The number of Topliss-reactive ketones (excluding diaryl/α,β-unsaturated/α-hetero) is 1. The van der Waals surface area contributed by atoms with Crippen LogP contribution < -0.4 is 22.2 Å². The average Bonchev–Trinajstić information content (AvgIpc) is 3.24. The third-order valence-corrected chi connectivity index (χ3v) is 11.0. The van der Waals surface area contributed by atoms with Crippen LogP contribution in [-0.4, -0.2) is 105 Å². The van der Waals surface area contributed by atoms with E-state index in [2.05, 4.69) is 19.5 Å². The summed E-state index contributed by atoms with van der Waals surface area (Å²) in [5.41, 5.74) is 5.50. The van der Waals surface area contributed by atoms with Crippen molar-refractivity contribution in [1.82, 2.24) is 15.8 Å². The van der Waals surface area contributed by atoms with E-state index in [1.165, 1.54) is 24.3 Å². The van der Waals surface area contributed by atoms with Gasteiger partial charge in [0, 0.05) is 61.0 Å². The second-order valence-corrected chi connectivity index (χ2v) is 16.4. The first-order valence-corrected chi connectivity index (χ1v) is 20.2. The van der Waals surface area contributed by atoms with E-state index in [0.717, 1.165) is 26.6 Å². The number of nitrogens with zero attached hydrogens (tertiary/aromatic N) is 3. The highest BCUT2D eigenvalue weighted by atomic mass is 19.4. The van der Waals surface area contributed by atoms with Gasteiger partial charge in [0.05, 0.1) is 43.5 Å². The Labute approximate surface area is 387 Å². The van der Waals surface area contributed by atoms with Crippen molar-refractivity contribution in [2.24, 2.45) is 44.1 Å². The number of esters is 1. The Morgan fingerprint density at radius 3 is 1.70 bits per heavy atom. The zero-order valence-electron chi connectivity index (χ0n) is 37.7. The number of methoxy groups -OCH3 is 2. The number of allylic oxidation sites excluding steroid dienone is 2. The first-order valence-electron chi connectivity index (χ1n) is 20.2. The molecule has 26 heteroatoms. The third-order valence-electron chi connectivity index (χ3n) is 11.0. The van der Waals surface area contributed by atoms with Crippen LogP contribution >= 0.6 is 0 Å². The van der Waals surface area contributed by atoms with E-state index in [0.29, 0.717) is 57.3 Å². The van der Waals surface area contributed by atoms with Crippen molar-refractivity contribution in [2.45, 2.75) is 91.1 Å². The first-order chi connectivity index (χ1) is 31.8. The van der Waals surface area contributed by atoms with Gasteiger partial charge in [-0.1, -0.05) is 38.1 Å². The van der Waals surface area contributed by atoms with Crippen LogP contribution in [0, 0.1) is 34.3 Å². The highest BCUT2D eigenvalue weighted by Gasteiger charge is 2.57. The normalized spacial score (nSPS) is 15.2. The average molecular weight is 1010 g/mol. The minimum Gasteiger partial charge on any atom is -0.469 e. The minimum absolute atomic E-state index is 0.00521. The van der Waals surface area contributed by atoms with Crippen molar-refractivity contribution in [3.63, 3.8) is 0 Å². The number of ketones is 1. The number of hydrazine groups is 1. The Morgan fingerprint density at radius 1 is 0.768 bits per heavy atom. The standard InChI is InChI=1S/C43H51F12N7O7/c1-40(2,42(50,51)52)29(15-34(65)68-5)36(66)61-62(20-28-30(44)12-24(13-31(28)45)27(17-57)19-59-38(48)49)21-33(64)25(11-22-7-9-23(10-8-22)26(16-56)18-58-37(46)47)14-32(63)35(60-39(67)69-6)41(3,4)43(53,54)55/h7-10,12-13,16-19,25,29,33,35,37-38,64H,11,14-15,20-21,56-57H2,1-6H3,(H,60,67)(H,61,66)/t25-,29-,33+,35-/m1/s1. The van der Waals surface area contributed by atoms with Crippen LogP contribution in [0.1, 0.15) is 62.8 Å². The minimum atomic E-state index is -5.19. The number of amides is 2. The number of alkyl carbamates (subject to hydrolysis) is 1. The second kappa shape index (κ2) is 24.9. The van der Waals surface area contributed by atoms with Crippen LogP contribution in [0.4, 0.5) is 57.5 Å². The number of aliphatic hydroxyl groups is 1. The number of alkyl halides is 10. The summed E-state index contributed by atoms with van der Waals surface area (Å²) in [5.74, 6) is -11.2. The lowest BCUT2D eigenvalue weighted by Gasteiger charge is -2.37. The quantitative estimate of drug-likeness (QED) is 0.0248. The molecule has 0 saturated carbocycles. The van der Waals surface area contributed by atoms with E-state index in [4.69, 9.17) is 11.5 Å². The van der Waals surface area contributed by atoms with E-state index < -0.39 is 145 Å². The van der Waals surface area contributed by atoms with Crippen LogP contribution in [0.25, 0.3) is 11.1 Å². The summed E-state index contributed by atoms with van der Waals surface area (Å²) in [7, 11) is 1.60. The number of aliphatic imine (C=N–C) groups is 2. The largest absolute Gasteiger partial charge is 0.469 e. The highest BCUT2D eigenvalue weighted by molar-refractivity contribution is 6.10. The summed E-state index contributed by atoms with van der Waals surface area (Å²) >= 11 is 0. The van der Waals surface area contributed by atoms with E-state index in [9.17, 15) is 68.2 Å². The SMILES string of the molecule is COC(=O)C[C@H](C(=O)NN(Cc1c(F)cc(C(C=NC(F)F)=CN)cc1F)C[C@H](O)[C@@H](CC(=O)[C@@H](NC(=O)OC)C(C)(C)C(F)(F)F)Cc1ccc(C(C=NC(F)F)=CN)cc1)C(C)(C)C(F)(F)F. The number of hydrogen-bond acceptors (Lipinski definition) is 12. The van der Waals surface area contributed by atoms with Gasteiger partial charge in [0.2, 0.25) is 5.91 Å². The lowest BCUT2D eigenvalue weighted by atomic mass is 9.75. The molecular formula is C43H51F12N7O7. The van der Waals surface area contributed by atoms with Gasteiger partial charge in [-0.25, -0.2) is 28.6 Å². The molecule has 14 nitrogen and oxygen atoms in total. The molecule has 0 aliphatic heterocycles. The van der Waals surface area contributed by atoms with E-state index in [-0.39, 0.29) is 16.7 Å². The lowest BCUT2D eigenvalue weighted by Crippen LogP contribution is -2.57. The van der Waals surface area contributed by atoms with Gasteiger partial charge in [-0.05, 0) is 55.0 Å². The molecule has 0 spiro atoms. The smallest absolute Gasteiger partial charge is 0.407 e. The van der Waals surface area contributed by atoms with Crippen molar-refractivity contribution < 1.29 is 86.4 Å². The molecule has 2 amide bonds. The Hall–Kier alpha value is -6.18. The van der Waals surface area contributed by atoms with Gasteiger partial charge in [0.1, 0.15) is 17.7 Å². The number of benzene rings is 2. The molecule has 384 valence electrons. The number of aliphatic hydroxyl groups excluding tert-OH is 1. The van der Waals surface area contributed by atoms with Crippen molar-refractivity contribution in [1.29, 1.82) is 0 Å². The zero-order valence-corrected chi connectivity index (χ0v) is 37.7. The second-order valence-electron chi connectivity index (χ2n) is 16.4. The Kier molecular flexibility index (Phi) is 21.3. The van der Waals surface area contributed by atoms with Crippen LogP contribution in [0.15, 0.2) is 58.8 Å². The fourth-order valence-corrected chi connectivity index (χ4v) is 6.55. The van der Waals surface area contributed by atoms with E-state index >= 15 is 8.78 Å². The molecule has 2 aromatic rings. The van der Waals surface area contributed by atoms with Gasteiger partial charge in [-0.3, -0.25) is 19.8 Å². The molecule has 0 aliphatic rings. The fraction of sp³-hybridized carbons (Fsp3) is 0.488. The summed E-state index contributed by atoms with van der Waals surface area (Å²) in [4.78, 5) is 58.3. The topological polar surface area (TPSA) is 211 Å². The summed E-state index contributed by atoms with van der Waals surface area (Å²) in [6, 6.07) is 4.05. The van der Waals surface area contributed by atoms with Crippen LogP contribution in [0.5, 0.6) is 0 Å². The van der Waals surface area contributed by atoms with Gasteiger partial charge in [-0.2, -0.15) is 43.9 Å². The number of rotatable bonds is 23. The van der Waals surface area contributed by atoms with E-state index in [1.807, 2.05) is 10.7 Å². The summed E-state index contributed by atoms with van der Waals surface area (Å²) in [6.45, 7) is -6.38. The molecule has 2 rings (SSSR count). The van der Waals surface area contributed by atoms with Crippen molar-refractivity contribution in [2.75, 3.05) is 20.8 Å². The van der Waals surface area contributed by atoms with Crippen molar-refractivity contribution in [3.05, 3.63) is 82.7 Å². The molecule has 0 bridgehead atoms. The number of halogens is 12. The Bertz CT molecular complexity index is 2190. The van der Waals surface area contributed by atoms with Gasteiger partial charge < -0.3 is 31.4 Å². The molecule has 4 atom stereocenters. The van der Waals surface area contributed by atoms with Crippen LogP contribution in [0.2, 0.25) is 0 Å². The van der Waals surface area contributed by atoms with Crippen molar-refractivity contribution in [3.8, 4) is 0 Å². The fourth-order valence-electron chi connectivity index (χ4n) is 6.55. The maximum absolute atomic E-state index is 15.9. The van der Waals surface area contributed by atoms with Crippen molar-refractivity contribution >= 4 is 47.3 Å². The molecule has 0 heterocycles. The van der Waals surface area contributed by atoms with Crippen LogP contribution in [0.3, 0.4) is 0 Å². The predicted octanol–water partition coefficient (Wildman–Crippen LogP) is 7.24. The van der Waals surface area contributed by atoms with Gasteiger partial charge in [0.15, 0.2) is 5.78 Å². The first kappa shape index (κ1) is 58.9. The third kappa shape index (κ3) is 16.5. The van der Waals surface area contributed by atoms with E-state index in [1.54, 1.807) is 0 Å². The Balaban J connectivity index is 2.88. The monoisotopic (exact) mass is 1010 g/mol. The zero-order chi connectivity index (χ0) is 52.8. The lowest BCUT2D eigenvalue weighted by molar-refractivity contribution is -0.231. The number of ether oxygens (including phenoxy) is 2. The summed E-state index contributed by atoms with van der Waals surface area (Å²) in [6.07, 6.45) is -13.9. The molecule has 0 fully saturated rings. The summed E-state index contributed by atoms with van der Waals surface area (Å²) < 4.78 is 178. The van der Waals surface area contributed by atoms with Gasteiger partial charge in [0.25, 0.3) is 0 Å². The predicted molar refractivity (Wildman–Crippen MR) is 227 cm³/mol. The number of carbonyl (C=O) groups is 4. The number of hydrogen-bond donors (Lipinski definition) is 5. The number of nitrogens with two attached hydrogens (primary N) is 2. The van der Waals surface area contributed by atoms with Crippen LogP contribution in [-0.2, 0) is 36.8 Å². The molecule has 7 N–H and O–H groups in total. The molecule has 0 unspecified atom stereocenters. The molecule has 0 saturated heterocycles.